The Balaban J connectivity index is 0.910. The molecule has 0 aliphatic carbocycles. The summed E-state index contributed by atoms with van der Waals surface area (Å²) < 4.78 is 0. The molecular formula is C64H50. The van der Waals surface area contributed by atoms with Crippen molar-refractivity contribution in [2.45, 2.75) is 13.8 Å². The van der Waals surface area contributed by atoms with E-state index in [4.69, 9.17) is 0 Å². The Bertz CT molecular complexity index is 2790. The van der Waals surface area contributed by atoms with E-state index >= 15 is 0 Å². The molecule has 0 fully saturated rings. The van der Waals surface area contributed by atoms with Crippen LogP contribution in [-0.4, -0.2) is 0 Å². The molecule has 9 rings (SSSR count). The van der Waals surface area contributed by atoms with Crippen LogP contribution in [-0.2, 0) is 0 Å². The molecule has 0 saturated heterocycles. The van der Waals surface area contributed by atoms with E-state index in [2.05, 4.69) is 281 Å². The van der Waals surface area contributed by atoms with E-state index < -0.39 is 0 Å². The highest BCUT2D eigenvalue weighted by molar-refractivity contribution is 5.94. The molecule has 64 heavy (non-hydrogen) atoms. The first kappa shape index (κ1) is 41.3. The maximum absolute atomic E-state index is 2.34. The van der Waals surface area contributed by atoms with Crippen molar-refractivity contribution in [1.82, 2.24) is 0 Å². The van der Waals surface area contributed by atoms with Crippen LogP contribution in [0.5, 0.6) is 0 Å². The van der Waals surface area contributed by atoms with Gasteiger partial charge in [-0.25, -0.2) is 0 Å². The molecule has 0 aliphatic heterocycles. The van der Waals surface area contributed by atoms with Crippen LogP contribution in [0.25, 0.3) is 69.9 Å². The van der Waals surface area contributed by atoms with E-state index in [1.165, 1.54) is 89.0 Å². The van der Waals surface area contributed by atoms with E-state index in [9.17, 15) is 0 Å². The topological polar surface area (TPSA) is 0 Å². The van der Waals surface area contributed by atoms with Crippen LogP contribution in [0.3, 0.4) is 0 Å². The minimum Gasteiger partial charge on any atom is -0.0622 e. The van der Waals surface area contributed by atoms with Crippen LogP contribution in [0.2, 0.25) is 0 Å². The number of aryl methyl sites for hydroxylation is 2. The summed E-state index contributed by atoms with van der Waals surface area (Å²) in [5, 5.41) is 0. The van der Waals surface area contributed by atoms with E-state index in [1.54, 1.807) is 0 Å². The van der Waals surface area contributed by atoms with E-state index in [0.717, 1.165) is 11.1 Å². The summed E-state index contributed by atoms with van der Waals surface area (Å²) in [6.07, 6.45) is 13.5. The van der Waals surface area contributed by atoms with Gasteiger partial charge in [0.15, 0.2) is 0 Å². The lowest BCUT2D eigenvalue weighted by molar-refractivity contribution is 1.38. The van der Waals surface area contributed by atoms with Gasteiger partial charge in [0.25, 0.3) is 0 Å². The van der Waals surface area contributed by atoms with Gasteiger partial charge >= 0.3 is 0 Å². The fraction of sp³-hybridized carbons (Fsp3) is 0.0312. The maximum atomic E-state index is 2.34. The van der Waals surface area contributed by atoms with Crippen LogP contribution in [0.1, 0.15) is 66.8 Å². The minimum atomic E-state index is 1.16. The third-order valence-electron chi connectivity index (χ3n) is 11.9. The molecular weight excluding hydrogens is 769 g/mol. The van der Waals surface area contributed by atoms with Crippen molar-refractivity contribution in [3.63, 3.8) is 0 Å². The third-order valence-corrected chi connectivity index (χ3v) is 11.9. The van der Waals surface area contributed by atoms with E-state index in [-0.39, 0.29) is 0 Å². The first-order chi connectivity index (χ1) is 31.6. The summed E-state index contributed by atoms with van der Waals surface area (Å²) >= 11 is 0. The van der Waals surface area contributed by atoms with Crippen molar-refractivity contribution in [2.75, 3.05) is 0 Å². The lowest BCUT2D eigenvalue weighted by atomic mass is 9.91. The third kappa shape index (κ3) is 9.84. The van der Waals surface area contributed by atoms with Gasteiger partial charge in [-0.3, -0.25) is 0 Å². The summed E-state index contributed by atoms with van der Waals surface area (Å²) in [6.45, 7) is 4.44. The smallest absolute Gasteiger partial charge is 0.0105 e. The Morgan fingerprint density at radius 2 is 0.562 bits per heavy atom. The fourth-order valence-electron chi connectivity index (χ4n) is 8.39. The van der Waals surface area contributed by atoms with Crippen molar-refractivity contribution in [2.24, 2.45) is 0 Å². The molecule has 0 nitrogen and oxygen atoms in total. The van der Waals surface area contributed by atoms with Crippen molar-refractivity contribution in [3.8, 4) is 22.3 Å². The van der Waals surface area contributed by atoms with Gasteiger partial charge in [0.1, 0.15) is 0 Å². The van der Waals surface area contributed by atoms with Crippen LogP contribution < -0.4 is 0 Å². The highest BCUT2D eigenvalue weighted by atomic mass is 14.2. The summed E-state index contributed by atoms with van der Waals surface area (Å²) in [5.41, 5.74) is 21.7. The molecule has 0 bridgehead atoms. The number of hydrogen-bond donors (Lipinski definition) is 0. The Kier molecular flexibility index (Phi) is 12.8. The van der Waals surface area contributed by atoms with Crippen molar-refractivity contribution >= 4 is 47.6 Å². The second-order valence-electron chi connectivity index (χ2n) is 16.2. The van der Waals surface area contributed by atoms with Gasteiger partial charge in [-0.05, 0) is 126 Å². The summed E-state index contributed by atoms with van der Waals surface area (Å²) in [6, 6.07) is 82.3. The van der Waals surface area contributed by atoms with Crippen LogP contribution in [0.15, 0.2) is 231 Å². The molecule has 0 amide bonds. The number of benzene rings is 9. The molecule has 0 heterocycles. The molecule has 0 aliphatic rings. The second-order valence-corrected chi connectivity index (χ2v) is 16.2. The zero-order valence-electron chi connectivity index (χ0n) is 36.4. The van der Waals surface area contributed by atoms with E-state index in [0.29, 0.717) is 0 Å². The highest BCUT2D eigenvalue weighted by Crippen LogP contribution is 2.34. The zero-order chi connectivity index (χ0) is 43.5. The Morgan fingerprint density at radius 1 is 0.281 bits per heavy atom. The monoisotopic (exact) mass is 818 g/mol. The quantitative estimate of drug-likeness (QED) is 0.108. The fourth-order valence-corrected chi connectivity index (χ4v) is 8.39. The minimum absolute atomic E-state index is 1.16. The molecule has 0 N–H and O–H groups in total. The highest BCUT2D eigenvalue weighted by Gasteiger charge is 2.11. The van der Waals surface area contributed by atoms with Gasteiger partial charge in [0.2, 0.25) is 0 Å². The molecule has 306 valence electrons. The Labute approximate surface area is 379 Å². The molecule has 0 radical (unpaired) electrons. The lowest BCUT2D eigenvalue weighted by Gasteiger charge is -2.13. The number of rotatable bonds is 12. The average Bonchev–Trinajstić information content (AvgIpc) is 3.36. The van der Waals surface area contributed by atoms with Gasteiger partial charge in [0, 0.05) is 0 Å². The lowest BCUT2D eigenvalue weighted by Crippen LogP contribution is -1.91. The summed E-state index contributed by atoms with van der Waals surface area (Å²) in [5.74, 6) is 0. The predicted octanol–water partition coefficient (Wildman–Crippen LogP) is 17.2. The van der Waals surface area contributed by atoms with Gasteiger partial charge in [-0.1, -0.05) is 255 Å². The molecule has 0 aromatic heterocycles. The molecule has 9 aromatic carbocycles. The molecule has 0 atom stereocenters. The zero-order valence-corrected chi connectivity index (χ0v) is 36.4. The standard InChI is InChI=1S/C64H50/c1-47-43-62(58-41-35-50(36-42-58)32-38-52-20-16-18-30-60(52)46-64(55-25-11-5-12-26-55)56-27-13-6-14-28-56)48(2)44-61(47)57-39-33-49(34-40-57)31-37-51-19-15-17-29-59(51)45-63(53-21-7-3-8-22-53)54-23-9-4-10-24-54/h3-46H,1-2H3. The SMILES string of the molecule is Cc1cc(-c2ccc(C=Cc3ccccc3C=C(c3ccccc3)c3ccccc3)cc2)c(C)cc1-c1ccc(C=Cc2ccccc2C=C(c2ccccc2)c2ccccc2)cc1. The van der Waals surface area contributed by atoms with Crippen molar-refractivity contribution < 1.29 is 0 Å². The first-order valence-electron chi connectivity index (χ1n) is 22.1. The van der Waals surface area contributed by atoms with Crippen molar-refractivity contribution in [3.05, 3.63) is 297 Å². The summed E-state index contributed by atoms with van der Waals surface area (Å²) in [4.78, 5) is 0. The Hall–Kier alpha value is -8.06. The van der Waals surface area contributed by atoms with Crippen LogP contribution >= 0.6 is 0 Å². The molecule has 0 spiro atoms. The largest absolute Gasteiger partial charge is 0.0622 e. The first-order valence-corrected chi connectivity index (χ1v) is 22.1. The van der Waals surface area contributed by atoms with Crippen LogP contribution in [0, 0.1) is 13.8 Å². The molecule has 0 saturated carbocycles. The normalized spacial score (nSPS) is 11.2. The van der Waals surface area contributed by atoms with E-state index in [1.807, 2.05) is 0 Å². The van der Waals surface area contributed by atoms with Gasteiger partial charge in [0.05, 0.1) is 0 Å². The molecule has 0 heteroatoms. The van der Waals surface area contributed by atoms with Crippen molar-refractivity contribution in [1.29, 1.82) is 0 Å². The van der Waals surface area contributed by atoms with Crippen LogP contribution in [0.4, 0.5) is 0 Å². The summed E-state index contributed by atoms with van der Waals surface area (Å²) in [7, 11) is 0. The predicted molar refractivity (Wildman–Crippen MR) is 277 cm³/mol. The van der Waals surface area contributed by atoms with Gasteiger partial charge in [-0.2, -0.15) is 0 Å². The average molecular weight is 819 g/mol. The second kappa shape index (κ2) is 19.8. The Morgan fingerprint density at radius 3 is 0.875 bits per heavy atom. The number of hydrogen-bond acceptors (Lipinski definition) is 0. The van der Waals surface area contributed by atoms with Gasteiger partial charge < -0.3 is 0 Å². The molecule has 9 aromatic rings. The van der Waals surface area contributed by atoms with Gasteiger partial charge in [-0.15, -0.1) is 0 Å². The maximum Gasteiger partial charge on any atom is -0.0105 e. The molecule has 0 unspecified atom stereocenters.